The summed E-state index contributed by atoms with van der Waals surface area (Å²) < 4.78 is 1.40. The molecule has 1 saturated heterocycles. The van der Waals surface area contributed by atoms with Crippen LogP contribution < -0.4 is 5.32 Å². The fraction of sp³-hybridized carbons (Fsp3) is 0.368. The highest BCUT2D eigenvalue weighted by atomic mass is 16.4. The maximum atomic E-state index is 12.6. The van der Waals surface area contributed by atoms with Gasteiger partial charge in [-0.3, -0.25) is 14.3 Å². The van der Waals surface area contributed by atoms with Crippen molar-refractivity contribution in [2.75, 3.05) is 13.1 Å². The largest absolute Gasteiger partial charge is 0.480 e. The molecule has 1 aromatic heterocycles. The van der Waals surface area contributed by atoms with E-state index in [-0.39, 0.29) is 18.0 Å². The van der Waals surface area contributed by atoms with Crippen LogP contribution in [-0.2, 0) is 16.6 Å². The standard InChI is InChI=1S/C19H22N4O4/c1-22-16(11-14(21-22)13-7-3-2-4-8-13)18(25)20-15(19(26)27)12-17(24)23-9-5-6-10-23/h2-4,7-8,11,15H,5-6,9-10,12H2,1H3,(H,20,25)(H,26,27)/t15-/m1/s1. The lowest BCUT2D eigenvalue weighted by Gasteiger charge is -2.19. The molecule has 1 atom stereocenters. The Labute approximate surface area is 156 Å². The molecule has 1 fully saturated rings. The van der Waals surface area contributed by atoms with Crippen molar-refractivity contribution in [2.45, 2.75) is 25.3 Å². The molecular formula is C19H22N4O4. The van der Waals surface area contributed by atoms with Crippen LogP contribution in [0, 0.1) is 0 Å². The first-order chi connectivity index (χ1) is 13.0. The number of rotatable bonds is 6. The topological polar surface area (TPSA) is 105 Å². The number of nitrogens with one attached hydrogen (secondary N) is 1. The van der Waals surface area contributed by atoms with E-state index >= 15 is 0 Å². The minimum atomic E-state index is -1.28. The molecule has 142 valence electrons. The average molecular weight is 370 g/mol. The number of benzene rings is 1. The number of carbonyl (C=O) groups is 3. The van der Waals surface area contributed by atoms with Crippen molar-refractivity contribution >= 4 is 17.8 Å². The normalized spacial score (nSPS) is 14.8. The molecule has 2 heterocycles. The third-order valence-corrected chi connectivity index (χ3v) is 4.62. The summed E-state index contributed by atoms with van der Waals surface area (Å²) in [6.07, 6.45) is 1.59. The molecule has 0 radical (unpaired) electrons. The molecule has 0 bridgehead atoms. The molecular weight excluding hydrogens is 348 g/mol. The van der Waals surface area contributed by atoms with Gasteiger partial charge in [-0.25, -0.2) is 4.79 Å². The van der Waals surface area contributed by atoms with Gasteiger partial charge in [0, 0.05) is 25.7 Å². The minimum absolute atomic E-state index is 0.230. The number of aryl methyl sites for hydroxylation is 1. The first-order valence-corrected chi connectivity index (χ1v) is 8.86. The van der Waals surface area contributed by atoms with Crippen LogP contribution in [0.3, 0.4) is 0 Å². The number of amides is 2. The third kappa shape index (κ3) is 4.33. The van der Waals surface area contributed by atoms with Gasteiger partial charge in [0.15, 0.2) is 0 Å². The number of hydrogen-bond donors (Lipinski definition) is 2. The summed E-state index contributed by atoms with van der Waals surface area (Å²) in [4.78, 5) is 38.0. The van der Waals surface area contributed by atoms with Gasteiger partial charge in [0.2, 0.25) is 5.91 Å². The van der Waals surface area contributed by atoms with Gasteiger partial charge < -0.3 is 15.3 Å². The van der Waals surface area contributed by atoms with Gasteiger partial charge in [-0.1, -0.05) is 30.3 Å². The molecule has 1 aliphatic heterocycles. The van der Waals surface area contributed by atoms with Crippen molar-refractivity contribution in [2.24, 2.45) is 7.05 Å². The molecule has 2 amide bonds. The van der Waals surface area contributed by atoms with Crippen LogP contribution in [0.5, 0.6) is 0 Å². The van der Waals surface area contributed by atoms with Gasteiger partial charge in [-0.2, -0.15) is 5.10 Å². The number of carbonyl (C=O) groups excluding carboxylic acids is 2. The Hall–Kier alpha value is -3.16. The fourth-order valence-electron chi connectivity index (χ4n) is 3.13. The predicted octanol–water partition coefficient (Wildman–Crippen LogP) is 1.28. The zero-order valence-corrected chi connectivity index (χ0v) is 15.1. The van der Waals surface area contributed by atoms with Gasteiger partial charge in [-0.05, 0) is 18.9 Å². The van der Waals surface area contributed by atoms with Crippen LogP contribution >= 0.6 is 0 Å². The van der Waals surface area contributed by atoms with Crippen LogP contribution in [0.15, 0.2) is 36.4 Å². The lowest BCUT2D eigenvalue weighted by Crippen LogP contribution is -2.45. The van der Waals surface area contributed by atoms with Crippen molar-refractivity contribution in [3.05, 3.63) is 42.1 Å². The lowest BCUT2D eigenvalue weighted by atomic mass is 10.1. The summed E-state index contributed by atoms with van der Waals surface area (Å²) in [5.41, 5.74) is 1.70. The Morgan fingerprint density at radius 3 is 2.48 bits per heavy atom. The second-order valence-electron chi connectivity index (χ2n) is 6.56. The lowest BCUT2D eigenvalue weighted by molar-refractivity contribution is -0.143. The number of aliphatic carboxylic acids is 1. The van der Waals surface area contributed by atoms with E-state index in [0.29, 0.717) is 18.8 Å². The van der Waals surface area contributed by atoms with E-state index in [1.807, 2.05) is 30.3 Å². The summed E-state index contributed by atoms with van der Waals surface area (Å²) in [5, 5.41) is 16.2. The maximum Gasteiger partial charge on any atom is 0.326 e. The van der Waals surface area contributed by atoms with Crippen LogP contribution in [0.2, 0.25) is 0 Å². The molecule has 3 rings (SSSR count). The number of carboxylic acid groups (broad SMARTS) is 1. The molecule has 2 aromatic rings. The van der Waals surface area contributed by atoms with E-state index in [1.165, 1.54) is 4.68 Å². The number of likely N-dealkylation sites (tertiary alicyclic amines) is 1. The van der Waals surface area contributed by atoms with Gasteiger partial charge in [0.05, 0.1) is 12.1 Å². The van der Waals surface area contributed by atoms with Crippen molar-refractivity contribution in [1.82, 2.24) is 20.0 Å². The zero-order chi connectivity index (χ0) is 19.4. The number of aromatic nitrogens is 2. The molecule has 0 saturated carbocycles. The Bertz CT molecular complexity index is 841. The van der Waals surface area contributed by atoms with Crippen molar-refractivity contribution in [1.29, 1.82) is 0 Å². The van der Waals surface area contributed by atoms with Crippen molar-refractivity contribution < 1.29 is 19.5 Å². The molecule has 0 unspecified atom stereocenters. The van der Waals surface area contributed by atoms with E-state index < -0.39 is 17.9 Å². The third-order valence-electron chi connectivity index (χ3n) is 4.62. The highest BCUT2D eigenvalue weighted by Gasteiger charge is 2.28. The summed E-state index contributed by atoms with van der Waals surface area (Å²) in [5.74, 6) is -2.06. The first-order valence-electron chi connectivity index (χ1n) is 8.86. The quantitative estimate of drug-likeness (QED) is 0.797. The minimum Gasteiger partial charge on any atom is -0.480 e. The van der Waals surface area contributed by atoms with E-state index in [1.54, 1.807) is 18.0 Å². The van der Waals surface area contributed by atoms with Crippen LogP contribution in [0.1, 0.15) is 29.8 Å². The van der Waals surface area contributed by atoms with Crippen LogP contribution in [-0.4, -0.2) is 56.7 Å². The molecule has 0 spiro atoms. The van der Waals surface area contributed by atoms with Crippen molar-refractivity contribution in [3.63, 3.8) is 0 Å². The Morgan fingerprint density at radius 1 is 1.19 bits per heavy atom. The van der Waals surface area contributed by atoms with Crippen LogP contribution in [0.4, 0.5) is 0 Å². The maximum absolute atomic E-state index is 12.6. The van der Waals surface area contributed by atoms with Gasteiger partial charge >= 0.3 is 5.97 Å². The zero-order valence-electron chi connectivity index (χ0n) is 15.1. The molecule has 0 aliphatic carbocycles. The molecule has 1 aliphatic rings. The summed E-state index contributed by atoms with van der Waals surface area (Å²) >= 11 is 0. The monoisotopic (exact) mass is 370 g/mol. The van der Waals surface area contributed by atoms with Gasteiger partial charge in [0.25, 0.3) is 5.91 Å². The predicted molar refractivity (Wildman–Crippen MR) is 98.0 cm³/mol. The smallest absolute Gasteiger partial charge is 0.326 e. The second-order valence-corrected chi connectivity index (χ2v) is 6.56. The first kappa shape index (κ1) is 18.6. The highest BCUT2D eigenvalue weighted by molar-refractivity contribution is 5.97. The van der Waals surface area contributed by atoms with Crippen molar-refractivity contribution in [3.8, 4) is 11.3 Å². The average Bonchev–Trinajstić information content (AvgIpc) is 3.31. The fourth-order valence-corrected chi connectivity index (χ4v) is 3.13. The van der Waals surface area contributed by atoms with Gasteiger partial charge in [-0.15, -0.1) is 0 Å². The number of nitrogens with zero attached hydrogens (tertiary/aromatic N) is 3. The Morgan fingerprint density at radius 2 is 1.85 bits per heavy atom. The summed E-state index contributed by atoms with van der Waals surface area (Å²) in [6, 6.07) is 9.70. The van der Waals surface area contributed by atoms with Gasteiger partial charge in [0.1, 0.15) is 11.7 Å². The molecule has 2 N–H and O–H groups in total. The molecule has 8 heteroatoms. The Kier molecular flexibility index (Phi) is 5.54. The van der Waals surface area contributed by atoms with E-state index in [0.717, 1.165) is 18.4 Å². The molecule has 1 aromatic carbocycles. The number of carboxylic acids is 1. The van der Waals surface area contributed by atoms with Crippen LogP contribution in [0.25, 0.3) is 11.3 Å². The number of hydrogen-bond acceptors (Lipinski definition) is 4. The molecule has 27 heavy (non-hydrogen) atoms. The SMILES string of the molecule is Cn1nc(-c2ccccc2)cc1C(=O)N[C@H](CC(=O)N1CCCC1)C(=O)O. The summed E-state index contributed by atoms with van der Waals surface area (Å²) in [7, 11) is 1.62. The summed E-state index contributed by atoms with van der Waals surface area (Å²) in [6.45, 7) is 1.28. The van der Waals surface area contributed by atoms with E-state index in [4.69, 9.17) is 0 Å². The highest BCUT2D eigenvalue weighted by Crippen LogP contribution is 2.18. The molecule has 8 nitrogen and oxygen atoms in total. The van der Waals surface area contributed by atoms with E-state index in [9.17, 15) is 19.5 Å². The van der Waals surface area contributed by atoms with E-state index in [2.05, 4.69) is 10.4 Å². The second kappa shape index (κ2) is 8.03. The Balaban J connectivity index is 1.71.